The third-order valence-corrected chi connectivity index (χ3v) is 2.59. The fourth-order valence-electron chi connectivity index (χ4n) is 1.45. The maximum Gasteiger partial charge on any atom is 0.321 e. The van der Waals surface area contributed by atoms with Crippen molar-refractivity contribution in [2.24, 2.45) is 0 Å². The number of aryl methyl sites for hydroxylation is 1. The van der Waals surface area contributed by atoms with Crippen LogP contribution >= 0.6 is 0 Å². The van der Waals surface area contributed by atoms with E-state index in [-0.39, 0.29) is 6.03 Å². The molecule has 0 unspecified atom stereocenters. The highest BCUT2D eigenvalue weighted by atomic mass is 16.5. The van der Waals surface area contributed by atoms with Crippen LogP contribution in [0.15, 0.2) is 18.2 Å². The standard InChI is InChI=1S/C14H22N2O2/c1-5-6-9-18-13-8-7-12(10-11(13)2)15-14(17)16(3)4/h7-8,10H,5-6,9H2,1-4H3,(H,15,17). The lowest BCUT2D eigenvalue weighted by Crippen LogP contribution is -2.27. The molecule has 1 aromatic carbocycles. The molecule has 0 fully saturated rings. The van der Waals surface area contributed by atoms with Gasteiger partial charge in [-0.2, -0.15) is 0 Å². The second-order valence-electron chi connectivity index (χ2n) is 4.51. The number of ether oxygens (including phenoxy) is 1. The van der Waals surface area contributed by atoms with Gasteiger partial charge in [0.05, 0.1) is 6.61 Å². The number of nitrogens with zero attached hydrogens (tertiary/aromatic N) is 1. The molecule has 4 nitrogen and oxygen atoms in total. The number of carbonyl (C=O) groups is 1. The van der Waals surface area contributed by atoms with Crippen LogP contribution in [0.25, 0.3) is 0 Å². The van der Waals surface area contributed by atoms with Crippen LogP contribution in [0.3, 0.4) is 0 Å². The molecule has 4 heteroatoms. The first-order chi connectivity index (χ1) is 8.54. The van der Waals surface area contributed by atoms with Gasteiger partial charge in [-0.25, -0.2) is 4.79 Å². The van der Waals surface area contributed by atoms with Gasteiger partial charge in [0, 0.05) is 19.8 Å². The predicted octanol–water partition coefficient (Wildman–Crippen LogP) is 3.27. The molecule has 0 aliphatic carbocycles. The first-order valence-corrected chi connectivity index (χ1v) is 6.26. The first-order valence-electron chi connectivity index (χ1n) is 6.26. The highest BCUT2D eigenvalue weighted by Gasteiger charge is 2.06. The van der Waals surface area contributed by atoms with E-state index in [1.54, 1.807) is 14.1 Å². The zero-order valence-electron chi connectivity index (χ0n) is 11.6. The number of rotatable bonds is 5. The number of anilines is 1. The van der Waals surface area contributed by atoms with E-state index in [0.29, 0.717) is 0 Å². The van der Waals surface area contributed by atoms with E-state index < -0.39 is 0 Å². The van der Waals surface area contributed by atoms with Crippen molar-refractivity contribution in [3.63, 3.8) is 0 Å². The summed E-state index contributed by atoms with van der Waals surface area (Å²) in [6, 6.07) is 5.54. The predicted molar refractivity (Wildman–Crippen MR) is 74.3 cm³/mol. The Kier molecular flexibility index (Phi) is 5.49. The molecule has 0 heterocycles. The molecule has 18 heavy (non-hydrogen) atoms. The van der Waals surface area contributed by atoms with Crippen molar-refractivity contribution in [1.29, 1.82) is 0 Å². The maximum atomic E-state index is 11.5. The smallest absolute Gasteiger partial charge is 0.321 e. The second kappa shape index (κ2) is 6.89. The summed E-state index contributed by atoms with van der Waals surface area (Å²) in [6.45, 7) is 4.85. The summed E-state index contributed by atoms with van der Waals surface area (Å²) in [4.78, 5) is 13.0. The number of benzene rings is 1. The number of amides is 2. The molecule has 0 aliphatic rings. The first kappa shape index (κ1) is 14.4. The molecular weight excluding hydrogens is 228 g/mol. The Bertz CT molecular complexity index is 403. The lowest BCUT2D eigenvalue weighted by Gasteiger charge is -2.14. The molecule has 0 saturated heterocycles. The molecule has 2 amide bonds. The number of hydrogen-bond donors (Lipinski definition) is 1. The summed E-state index contributed by atoms with van der Waals surface area (Å²) in [7, 11) is 3.43. The maximum absolute atomic E-state index is 11.5. The van der Waals surface area contributed by atoms with Crippen molar-refractivity contribution in [2.45, 2.75) is 26.7 Å². The van der Waals surface area contributed by atoms with Gasteiger partial charge in [0.15, 0.2) is 0 Å². The minimum absolute atomic E-state index is 0.131. The van der Waals surface area contributed by atoms with Crippen LogP contribution in [0.1, 0.15) is 25.3 Å². The molecule has 1 rings (SSSR count). The third kappa shape index (κ3) is 4.28. The van der Waals surface area contributed by atoms with E-state index in [4.69, 9.17) is 4.74 Å². The Labute approximate surface area is 109 Å². The van der Waals surface area contributed by atoms with E-state index in [2.05, 4.69) is 12.2 Å². The number of hydrogen-bond acceptors (Lipinski definition) is 2. The molecule has 0 atom stereocenters. The topological polar surface area (TPSA) is 41.6 Å². The number of carbonyl (C=O) groups excluding carboxylic acids is 1. The Morgan fingerprint density at radius 1 is 1.39 bits per heavy atom. The van der Waals surface area contributed by atoms with E-state index in [1.165, 1.54) is 4.90 Å². The van der Waals surface area contributed by atoms with Crippen LogP contribution in [0.2, 0.25) is 0 Å². The fraction of sp³-hybridized carbons (Fsp3) is 0.500. The van der Waals surface area contributed by atoms with Crippen molar-refractivity contribution in [1.82, 2.24) is 4.90 Å². The van der Waals surface area contributed by atoms with Crippen LogP contribution in [0.4, 0.5) is 10.5 Å². The molecule has 1 N–H and O–H groups in total. The summed E-state index contributed by atoms with van der Waals surface area (Å²) >= 11 is 0. The van der Waals surface area contributed by atoms with E-state index in [0.717, 1.165) is 36.4 Å². The average molecular weight is 250 g/mol. The van der Waals surface area contributed by atoms with Crippen LogP contribution in [0, 0.1) is 6.92 Å². The quantitative estimate of drug-likeness (QED) is 0.815. The highest BCUT2D eigenvalue weighted by molar-refractivity contribution is 5.89. The van der Waals surface area contributed by atoms with Gasteiger partial charge >= 0.3 is 6.03 Å². The lowest BCUT2D eigenvalue weighted by molar-refractivity contribution is 0.230. The number of urea groups is 1. The number of unbranched alkanes of at least 4 members (excludes halogenated alkanes) is 1. The summed E-state index contributed by atoms with van der Waals surface area (Å²) in [6.07, 6.45) is 2.18. The largest absolute Gasteiger partial charge is 0.493 e. The zero-order chi connectivity index (χ0) is 13.5. The Morgan fingerprint density at radius 3 is 2.67 bits per heavy atom. The minimum Gasteiger partial charge on any atom is -0.493 e. The van der Waals surface area contributed by atoms with E-state index in [9.17, 15) is 4.79 Å². The van der Waals surface area contributed by atoms with Crippen LogP contribution < -0.4 is 10.1 Å². The molecule has 100 valence electrons. The second-order valence-corrected chi connectivity index (χ2v) is 4.51. The zero-order valence-corrected chi connectivity index (χ0v) is 11.6. The highest BCUT2D eigenvalue weighted by Crippen LogP contribution is 2.22. The summed E-state index contributed by atoms with van der Waals surface area (Å²) in [5.41, 5.74) is 1.82. The molecule has 0 radical (unpaired) electrons. The fourth-order valence-corrected chi connectivity index (χ4v) is 1.45. The lowest BCUT2D eigenvalue weighted by atomic mass is 10.2. The van der Waals surface area contributed by atoms with Crippen molar-refractivity contribution in [2.75, 3.05) is 26.0 Å². The monoisotopic (exact) mass is 250 g/mol. The van der Waals surface area contributed by atoms with Crippen LogP contribution in [-0.2, 0) is 0 Å². The molecule has 0 aromatic heterocycles. The van der Waals surface area contributed by atoms with Crippen molar-refractivity contribution in [3.05, 3.63) is 23.8 Å². The van der Waals surface area contributed by atoms with Crippen LogP contribution in [-0.4, -0.2) is 31.6 Å². The van der Waals surface area contributed by atoms with Gasteiger partial charge in [-0.3, -0.25) is 0 Å². The summed E-state index contributed by atoms with van der Waals surface area (Å²) in [5, 5.41) is 2.81. The molecular formula is C14H22N2O2. The summed E-state index contributed by atoms with van der Waals surface area (Å²) in [5.74, 6) is 0.881. The van der Waals surface area contributed by atoms with Gasteiger partial charge in [0.25, 0.3) is 0 Å². The Balaban J connectivity index is 2.64. The molecule has 0 spiro atoms. The SMILES string of the molecule is CCCCOc1ccc(NC(=O)N(C)C)cc1C. The van der Waals surface area contributed by atoms with Gasteiger partial charge in [-0.1, -0.05) is 13.3 Å². The van der Waals surface area contributed by atoms with Gasteiger partial charge < -0.3 is 15.0 Å². The van der Waals surface area contributed by atoms with Crippen molar-refractivity contribution < 1.29 is 9.53 Å². The molecule has 0 saturated carbocycles. The van der Waals surface area contributed by atoms with Gasteiger partial charge in [-0.15, -0.1) is 0 Å². The normalized spacial score (nSPS) is 10.0. The molecule has 1 aromatic rings. The van der Waals surface area contributed by atoms with Crippen molar-refractivity contribution >= 4 is 11.7 Å². The van der Waals surface area contributed by atoms with Crippen LogP contribution in [0.5, 0.6) is 5.75 Å². The van der Waals surface area contributed by atoms with Gasteiger partial charge in [0.2, 0.25) is 0 Å². The van der Waals surface area contributed by atoms with Crippen molar-refractivity contribution in [3.8, 4) is 5.75 Å². The minimum atomic E-state index is -0.131. The van der Waals surface area contributed by atoms with E-state index in [1.807, 2.05) is 25.1 Å². The third-order valence-electron chi connectivity index (χ3n) is 2.59. The van der Waals surface area contributed by atoms with Gasteiger partial charge in [0.1, 0.15) is 5.75 Å². The van der Waals surface area contributed by atoms with E-state index >= 15 is 0 Å². The van der Waals surface area contributed by atoms with Gasteiger partial charge in [-0.05, 0) is 37.1 Å². The summed E-state index contributed by atoms with van der Waals surface area (Å²) < 4.78 is 5.66. The molecule has 0 aliphatic heterocycles. The Morgan fingerprint density at radius 2 is 2.11 bits per heavy atom. The number of nitrogens with one attached hydrogen (secondary N) is 1. The average Bonchev–Trinajstić information content (AvgIpc) is 2.32. The Hall–Kier alpha value is -1.71. The molecule has 0 bridgehead atoms.